The number of pyridine rings is 1. The van der Waals surface area contributed by atoms with Crippen molar-refractivity contribution in [1.29, 1.82) is 0 Å². The van der Waals surface area contributed by atoms with Gasteiger partial charge in [-0.25, -0.2) is 4.98 Å². The normalized spacial score (nSPS) is 11.1. The summed E-state index contributed by atoms with van der Waals surface area (Å²) in [6.07, 6.45) is 1.17. The molecule has 0 aliphatic heterocycles. The molecule has 108 valence electrons. The van der Waals surface area contributed by atoms with E-state index < -0.39 is 0 Å². The lowest BCUT2D eigenvalue weighted by atomic mass is 10.1. The molecule has 0 saturated carbocycles. The van der Waals surface area contributed by atoms with E-state index in [2.05, 4.69) is 57.0 Å². The van der Waals surface area contributed by atoms with E-state index in [9.17, 15) is 0 Å². The highest BCUT2D eigenvalue weighted by atomic mass is 15.2. The molecule has 1 rings (SSSR count). The van der Waals surface area contributed by atoms with Gasteiger partial charge < -0.3 is 10.2 Å². The Kier molecular flexibility index (Phi) is 6.85. The highest BCUT2D eigenvalue weighted by Crippen LogP contribution is 2.16. The first-order chi connectivity index (χ1) is 9.08. The Morgan fingerprint density at radius 1 is 1.26 bits per heavy atom. The van der Waals surface area contributed by atoms with Crippen LogP contribution in [0, 0.1) is 12.8 Å². The summed E-state index contributed by atoms with van der Waals surface area (Å²) in [6.45, 7) is 15.0. The molecule has 1 N–H and O–H groups in total. The van der Waals surface area contributed by atoms with Gasteiger partial charge in [0, 0.05) is 25.3 Å². The zero-order valence-corrected chi connectivity index (χ0v) is 13.2. The van der Waals surface area contributed by atoms with E-state index in [1.165, 1.54) is 12.0 Å². The van der Waals surface area contributed by atoms with Crippen LogP contribution in [0.3, 0.4) is 0 Å². The van der Waals surface area contributed by atoms with Gasteiger partial charge in [-0.15, -0.1) is 0 Å². The average molecular weight is 263 g/mol. The van der Waals surface area contributed by atoms with E-state index in [0.717, 1.165) is 37.7 Å². The number of hydrogen-bond acceptors (Lipinski definition) is 3. The fourth-order valence-electron chi connectivity index (χ4n) is 2.16. The summed E-state index contributed by atoms with van der Waals surface area (Å²) in [6, 6.07) is 4.37. The van der Waals surface area contributed by atoms with Crippen molar-refractivity contribution in [2.45, 2.75) is 47.6 Å². The molecule has 0 fully saturated rings. The summed E-state index contributed by atoms with van der Waals surface area (Å²) in [5.41, 5.74) is 2.45. The Labute approximate surface area is 118 Å². The van der Waals surface area contributed by atoms with E-state index >= 15 is 0 Å². The summed E-state index contributed by atoms with van der Waals surface area (Å²) in [7, 11) is 0. The van der Waals surface area contributed by atoms with E-state index in [0.29, 0.717) is 5.92 Å². The Balaban J connectivity index is 2.74. The van der Waals surface area contributed by atoms with Crippen molar-refractivity contribution in [3.05, 3.63) is 23.4 Å². The molecule has 0 spiro atoms. The van der Waals surface area contributed by atoms with E-state index in [4.69, 9.17) is 4.98 Å². The third-order valence-corrected chi connectivity index (χ3v) is 3.21. The highest BCUT2D eigenvalue weighted by Gasteiger charge is 2.09. The van der Waals surface area contributed by atoms with Gasteiger partial charge in [0.2, 0.25) is 0 Å². The summed E-state index contributed by atoms with van der Waals surface area (Å²) >= 11 is 0. The smallest absolute Gasteiger partial charge is 0.128 e. The number of aromatic nitrogens is 1. The monoisotopic (exact) mass is 263 g/mol. The fraction of sp³-hybridized carbons (Fsp3) is 0.688. The standard InChI is InChI=1S/C16H29N3/c1-6-10-17-11-15-8-9-16(18-14(15)5)19(7-2)12-13(3)4/h8-9,13,17H,6-7,10-12H2,1-5H3. The minimum atomic E-state index is 0.660. The molecule has 0 aliphatic carbocycles. The minimum Gasteiger partial charge on any atom is -0.357 e. The molecule has 0 aromatic carbocycles. The van der Waals surface area contributed by atoms with Crippen LogP contribution in [-0.4, -0.2) is 24.6 Å². The minimum absolute atomic E-state index is 0.660. The van der Waals surface area contributed by atoms with Crippen molar-refractivity contribution in [1.82, 2.24) is 10.3 Å². The van der Waals surface area contributed by atoms with Crippen LogP contribution in [0.2, 0.25) is 0 Å². The van der Waals surface area contributed by atoms with Gasteiger partial charge in [-0.3, -0.25) is 0 Å². The molecule has 3 heteroatoms. The predicted molar refractivity (Wildman–Crippen MR) is 83.7 cm³/mol. The van der Waals surface area contributed by atoms with Gasteiger partial charge in [0.05, 0.1) is 0 Å². The molecule has 0 aliphatic rings. The number of nitrogens with zero attached hydrogens (tertiary/aromatic N) is 2. The first kappa shape index (κ1) is 16.0. The van der Waals surface area contributed by atoms with Crippen LogP contribution >= 0.6 is 0 Å². The Morgan fingerprint density at radius 2 is 2.00 bits per heavy atom. The summed E-state index contributed by atoms with van der Waals surface area (Å²) in [4.78, 5) is 7.11. The SMILES string of the molecule is CCCNCc1ccc(N(CC)CC(C)C)nc1C. The quantitative estimate of drug-likeness (QED) is 0.729. The first-order valence-corrected chi connectivity index (χ1v) is 7.50. The average Bonchev–Trinajstić information content (AvgIpc) is 2.38. The lowest BCUT2D eigenvalue weighted by molar-refractivity contribution is 0.613. The summed E-state index contributed by atoms with van der Waals surface area (Å²) in [5.74, 6) is 1.76. The molecule has 19 heavy (non-hydrogen) atoms. The van der Waals surface area contributed by atoms with Crippen LogP contribution in [-0.2, 0) is 6.54 Å². The van der Waals surface area contributed by atoms with Crippen molar-refractivity contribution in [2.24, 2.45) is 5.92 Å². The van der Waals surface area contributed by atoms with Crippen LogP contribution in [0.5, 0.6) is 0 Å². The molecule has 0 unspecified atom stereocenters. The molecule has 0 bridgehead atoms. The number of anilines is 1. The molecular weight excluding hydrogens is 234 g/mol. The van der Waals surface area contributed by atoms with Gasteiger partial charge in [0.15, 0.2) is 0 Å². The second kappa shape index (κ2) is 8.16. The second-order valence-corrected chi connectivity index (χ2v) is 5.52. The lowest BCUT2D eigenvalue weighted by Gasteiger charge is -2.24. The molecule has 0 radical (unpaired) electrons. The maximum Gasteiger partial charge on any atom is 0.128 e. The van der Waals surface area contributed by atoms with Crippen LogP contribution in [0.4, 0.5) is 5.82 Å². The molecule has 1 aromatic heterocycles. The highest BCUT2D eigenvalue weighted by molar-refractivity contribution is 5.41. The first-order valence-electron chi connectivity index (χ1n) is 7.50. The summed E-state index contributed by atoms with van der Waals surface area (Å²) in [5, 5.41) is 3.43. The van der Waals surface area contributed by atoms with E-state index in [1.54, 1.807) is 0 Å². The number of hydrogen-bond donors (Lipinski definition) is 1. The van der Waals surface area contributed by atoms with Crippen LogP contribution in [0.15, 0.2) is 12.1 Å². The van der Waals surface area contributed by atoms with Crippen LogP contribution in [0.25, 0.3) is 0 Å². The molecule has 1 aromatic rings. The largest absolute Gasteiger partial charge is 0.357 e. The van der Waals surface area contributed by atoms with E-state index in [-0.39, 0.29) is 0 Å². The van der Waals surface area contributed by atoms with Gasteiger partial charge in [-0.1, -0.05) is 26.8 Å². The number of aryl methyl sites for hydroxylation is 1. The Hall–Kier alpha value is -1.09. The zero-order valence-electron chi connectivity index (χ0n) is 13.2. The second-order valence-electron chi connectivity index (χ2n) is 5.52. The molecule has 0 atom stereocenters. The third-order valence-electron chi connectivity index (χ3n) is 3.21. The molecule has 1 heterocycles. The fourth-order valence-corrected chi connectivity index (χ4v) is 2.16. The summed E-state index contributed by atoms with van der Waals surface area (Å²) < 4.78 is 0. The Bertz CT molecular complexity index is 374. The Morgan fingerprint density at radius 3 is 2.53 bits per heavy atom. The van der Waals surface area contributed by atoms with Crippen molar-refractivity contribution in [2.75, 3.05) is 24.5 Å². The number of nitrogens with one attached hydrogen (secondary N) is 1. The zero-order chi connectivity index (χ0) is 14.3. The van der Waals surface area contributed by atoms with Crippen molar-refractivity contribution < 1.29 is 0 Å². The molecule has 0 saturated heterocycles. The van der Waals surface area contributed by atoms with Crippen LogP contribution < -0.4 is 10.2 Å². The van der Waals surface area contributed by atoms with Gasteiger partial charge in [0.25, 0.3) is 0 Å². The van der Waals surface area contributed by atoms with Crippen LogP contribution in [0.1, 0.15) is 45.4 Å². The molecular formula is C16H29N3. The van der Waals surface area contributed by atoms with Crippen molar-refractivity contribution >= 4 is 5.82 Å². The van der Waals surface area contributed by atoms with Gasteiger partial charge >= 0.3 is 0 Å². The van der Waals surface area contributed by atoms with Gasteiger partial charge in [-0.2, -0.15) is 0 Å². The molecule has 0 amide bonds. The lowest BCUT2D eigenvalue weighted by Crippen LogP contribution is -2.28. The number of rotatable bonds is 8. The van der Waals surface area contributed by atoms with E-state index in [1.807, 2.05) is 0 Å². The third kappa shape index (κ3) is 5.19. The van der Waals surface area contributed by atoms with Crippen molar-refractivity contribution in [3.8, 4) is 0 Å². The maximum atomic E-state index is 4.76. The van der Waals surface area contributed by atoms with Gasteiger partial charge in [0.1, 0.15) is 5.82 Å². The van der Waals surface area contributed by atoms with Crippen molar-refractivity contribution in [3.63, 3.8) is 0 Å². The predicted octanol–water partition coefficient (Wildman–Crippen LogP) is 3.37. The maximum absolute atomic E-state index is 4.76. The molecule has 3 nitrogen and oxygen atoms in total. The topological polar surface area (TPSA) is 28.2 Å². The van der Waals surface area contributed by atoms with Gasteiger partial charge in [-0.05, 0) is 44.4 Å².